The molecular formula is C32H36O4S. The van der Waals surface area contributed by atoms with Crippen LogP contribution in [0.15, 0.2) is 61.2 Å². The first-order chi connectivity index (χ1) is 17.9. The lowest BCUT2D eigenvalue weighted by Gasteiger charge is -2.15. The predicted octanol–water partition coefficient (Wildman–Crippen LogP) is 7.74. The monoisotopic (exact) mass is 516 g/mol. The minimum atomic E-state index is -0.190. The molecule has 1 atom stereocenters. The van der Waals surface area contributed by atoms with Gasteiger partial charge in [0, 0.05) is 0 Å². The fourth-order valence-electron chi connectivity index (χ4n) is 5.11. The van der Waals surface area contributed by atoms with Crippen LogP contribution in [-0.2, 0) is 16.1 Å². The standard InChI is InChI=1S/C32H36O4S/c1-21-14-26(18-31(33)34-4)29-11-10-27(19-30(21)29)36-20-24-8-6-9-25(17-24)32-22(2)15-28(16-23(32)3)35-12-7-13-37-5/h6,8-11,15-17,19,26H,1,7,12-14,18,20H2,2-5H3. The highest BCUT2D eigenvalue weighted by molar-refractivity contribution is 7.98. The van der Waals surface area contributed by atoms with Gasteiger partial charge in [-0.05, 0) is 119 Å². The molecule has 0 bridgehead atoms. The van der Waals surface area contributed by atoms with Crippen molar-refractivity contribution in [2.45, 2.75) is 45.6 Å². The normalized spacial score (nSPS) is 14.4. The Kier molecular flexibility index (Phi) is 8.99. The molecule has 4 nitrogen and oxygen atoms in total. The summed E-state index contributed by atoms with van der Waals surface area (Å²) in [7, 11) is 1.43. The molecule has 0 saturated heterocycles. The molecule has 0 aromatic heterocycles. The van der Waals surface area contributed by atoms with E-state index in [0.29, 0.717) is 13.0 Å². The summed E-state index contributed by atoms with van der Waals surface area (Å²) in [6.07, 6.45) is 4.32. The number of allylic oxidation sites excluding steroid dienone is 1. The number of esters is 1. The number of carbonyl (C=O) groups excluding carboxylic acids is 1. The Balaban J connectivity index is 1.45. The Bertz CT molecular complexity index is 1260. The molecule has 1 aliphatic rings. The van der Waals surface area contributed by atoms with Crippen molar-refractivity contribution in [3.8, 4) is 22.6 Å². The van der Waals surface area contributed by atoms with Gasteiger partial charge in [-0.2, -0.15) is 11.8 Å². The van der Waals surface area contributed by atoms with E-state index in [0.717, 1.165) is 59.0 Å². The van der Waals surface area contributed by atoms with E-state index in [1.54, 1.807) is 0 Å². The van der Waals surface area contributed by atoms with Crippen molar-refractivity contribution < 1.29 is 19.0 Å². The van der Waals surface area contributed by atoms with E-state index in [1.807, 2.05) is 23.9 Å². The zero-order valence-electron chi connectivity index (χ0n) is 22.3. The van der Waals surface area contributed by atoms with Crippen LogP contribution in [0.5, 0.6) is 11.5 Å². The van der Waals surface area contributed by atoms with E-state index in [9.17, 15) is 4.79 Å². The summed E-state index contributed by atoms with van der Waals surface area (Å²) in [5.74, 6) is 2.79. The molecule has 3 aromatic carbocycles. The number of rotatable bonds is 11. The molecule has 0 radical (unpaired) electrons. The Morgan fingerprint density at radius 1 is 1.03 bits per heavy atom. The molecule has 3 aromatic rings. The highest BCUT2D eigenvalue weighted by Gasteiger charge is 2.28. The molecular weight excluding hydrogens is 480 g/mol. The maximum atomic E-state index is 11.8. The lowest BCUT2D eigenvalue weighted by atomic mass is 9.94. The number of fused-ring (bicyclic) bond motifs is 1. The summed E-state index contributed by atoms with van der Waals surface area (Å²) in [4.78, 5) is 11.8. The van der Waals surface area contributed by atoms with E-state index in [2.05, 4.69) is 69.1 Å². The molecule has 194 valence electrons. The van der Waals surface area contributed by atoms with E-state index < -0.39 is 0 Å². The molecule has 0 aliphatic heterocycles. The van der Waals surface area contributed by atoms with Crippen LogP contribution in [0.1, 0.15) is 53.0 Å². The summed E-state index contributed by atoms with van der Waals surface area (Å²) < 4.78 is 17.0. The van der Waals surface area contributed by atoms with Crippen LogP contribution in [0.2, 0.25) is 0 Å². The minimum absolute atomic E-state index is 0.124. The van der Waals surface area contributed by atoms with Gasteiger partial charge in [0.15, 0.2) is 0 Å². The average molecular weight is 517 g/mol. The summed E-state index contributed by atoms with van der Waals surface area (Å²) >= 11 is 1.84. The fraction of sp³-hybridized carbons (Fsp3) is 0.344. The van der Waals surface area contributed by atoms with E-state index in [1.165, 1.54) is 29.4 Å². The van der Waals surface area contributed by atoms with Crippen LogP contribution in [-0.4, -0.2) is 31.7 Å². The predicted molar refractivity (Wildman–Crippen MR) is 154 cm³/mol. The third-order valence-corrected chi connectivity index (χ3v) is 7.56. The molecule has 0 spiro atoms. The van der Waals surface area contributed by atoms with Gasteiger partial charge < -0.3 is 14.2 Å². The van der Waals surface area contributed by atoms with Crippen molar-refractivity contribution in [2.24, 2.45) is 0 Å². The number of thioether (sulfide) groups is 1. The number of ether oxygens (including phenoxy) is 3. The molecule has 0 fully saturated rings. The molecule has 37 heavy (non-hydrogen) atoms. The second-order valence-corrected chi connectivity index (χ2v) is 10.6. The second kappa shape index (κ2) is 12.4. The first-order valence-electron chi connectivity index (χ1n) is 12.7. The maximum Gasteiger partial charge on any atom is 0.306 e. The number of benzene rings is 3. The summed E-state index contributed by atoms with van der Waals surface area (Å²) in [6.45, 7) is 9.72. The first-order valence-corrected chi connectivity index (χ1v) is 14.1. The molecule has 1 aliphatic carbocycles. The zero-order chi connectivity index (χ0) is 26.4. The molecule has 5 heteroatoms. The molecule has 1 unspecified atom stereocenters. The van der Waals surface area contributed by atoms with Crippen LogP contribution in [0.4, 0.5) is 0 Å². The smallest absolute Gasteiger partial charge is 0.306 e. The van der Waals surface area contributed by atoms with Crippen LogP contribution < -0.4 is 9.47 Å². The average Bonchev–Trinajstić information content (AvgIpc) is 3.19. The lowest BCUT2D eigenvalue weighted by Crippen LogP contribution is -2.06. The highest BCUT2D eigenvalue weighted by Crippen LogP contribution is 2.43. The third-order valence-electron chi connectivity index (χ3n) is 6.87. The van der Waals surface area contributed by atoms with Crippen LogP contribution in [0.3, 0.4) is 0 Å². The maximum absolute atomic E-state index is 11.8. The van der Waals surface area contributed by atoms with E-state index in [-0.39, 0.29) is 11.9 Å². The Hall–Kier alpha value is -3.18. The zero-order valence-corrected chi connectivity index (χ0v) is 23.1. The molecule has 0 saturated carbocycles. The number of carbonyl (C=O) groups is 1. The van der Waals surface area contributed by atoms with Crippen LogP contribution in [0.25, 0.3) is 16.7 Å². The summed E-state index contributed by atoms with van der Waals surface area (Å²) in [5, 5.41) is 0. The molecule has 4 rings (SSSR count). The van der Waals surface area contributed by atoms with Gasteiger partial charge in [-0.25, -0.2) is 0 Å². The van der Waals surface area contributed by atoms with Crippen molar-refractivity contribution in [2.75, 3.05) is 25.7 Å². The van der Waals surface area contributed by atoms with E-state index in [4.69, 9.17) is 14.2 Å². The first kappa shape index (κ1) is 26.9. The summed E-state index contributed by atoms with van der Waals surface area (Å²) in [5.41, 5.74) is 9.21. The second-order valence-electron chi connectivity index (χ2n) is 9.65. The van der Waals surface area contributed by atoms with Gasteiger partial charge >= 0.3 is 5.97 Å². The Morgan fingerprint density at radius 2 is 1.81 bits per heavy atom. The Morgan fingerprint density at radius 3 is 2.54 bits per heavy atom. The molecule has 0 heterocycles. The molecule has 0 amide bonds. The van der Waals surface area contributed by atoms with Gasteiger partial charge in [0.25, 0.3) is 0 Å². The van der Waals surface area contributed by atoms with Gasteiger partial charge in [0.1, 0.15) is 18.1 Å². The number of methoxy groups -OCH3 is 1. The largest absolute Gasteiger partial charge is 0.494 e. The SMILES string of the molecule is C=C1CC(CC(=O)OC)c2ccc(OCc3cccc(-c4c(C)cc(OCCCSC)cc4C)c3)cc21. The van der Waals surface area contributed by atoms with Crippen molar-refractivity contribution in [3.63, 3.8) is 0 Å². The van der Waals surface area contributed by atoms with Gasteiger partial charge in [0.2, 0.25) is 0 Å². The van der Waals surface area contributed by atoms with Gasteiger partial charge in [-0.1, -0.05) is 30.8 Å². The molecule has 0 N–H and O–H groups in total. The number of hydrogen-bond donors (Lipinski definition) is 0. The Labute approximate surface area is 225 Å². The van der Waals surface area contributed by atoms with Gasteiger partial charge in [-0.3, -0.25) is 4.79 Å². The van der Waals surface area contributed by atoms with Crippen molar-refractivity contribution in [3.05, 3.63) is 89.0 Å². The van der Waals surface area contributed by atoms with Crippen molar-refractivity contribution >= 4 is 23.3 Å². The minimum Gasteiger partial charge on any atom is -0.494 e. The van der Waals surface area contributed by atoms with Crippen molar-refractivity contribution in [1.82, 2.24) is 0 Å². The van der Waals surface area contributed by atoms with Crippen LogP contribution >= 0.6 is 11.8 Å². The number of aryl methyl sites for hydroxylation is 2. The highest BCUT2D eigenvalue weighted by atomic mass is 32.2. The van der Waals surface area contributed by atoms with Crippen LogP contribution in [0, 0.1) is 13.8 Å². The lowest BCUT2D eigenvalue weighted by molar-refractivity contribution is -0.141. The quantitative estimate of drug-likeness (QED) is 0.193. The summed E-state index contributed by atoms with van der Waals surface area (Å²) in [6, 6.07) is 18.9. The third kappa shape index (κ3) is 6.58. The number of hydrogen-bond acceptors (Lipinski definition) is 5. The fourth-order valence-corrected chi connectivity index (χ4v) is 5.52. The van der Waals surface area contributed by atoms with Crippen molar-refractivity contribution in [1.29, 1.82) is 0 Å². The topological polar surface area (TPSA) is 44.8 Å². The van der Waals surface area contributed by atoms with E-state index >= 15 is 0 Å². The van der Waals surface area contributed by atoms with Gasteiger partial charge in [-0.15, -0.1) is 0 Å². The van der Waals surface area contributed by atoms with Gasteiger partial charge in [0.05, 0.1) is 20.1 Å².